The van der Waals surface area contributed by atoms with E-state index >= 15 is 0 Å². The predicted octanol–water partition coefficient (Wildman–Crippen LogP) is 1.94. The fourth-order valence-electron chi connectivity index (χ4n) is 1.20. The Balaban J connectivity index is 2.46. The minimum absolute atomic E-state index is 0.0857. The molecule has 78 valence electrons. The van der Waals surface area contributed by atoms with Gasteiger partial charge in [-0.3, -0.25) is 15.2 Å². The van der Waals surface area contributed by atoms with Gasteiger partial charge in [0.25, 0.3) is 5.69 Å². The summed E-state index contributed by atoms with van der Waals surface area (Å²) >= 11 is 1.29. The van der Waals surface area contributed by atoms with Crippen LogP contribution in [0.25, 0.3) is 10.6 Å². The van der Waals surface area contributed by atoms with Crippen molar-refractivity contribution < 1.29 is 4.92 Å². The highest BCUT2D eigenvalue weighted by Crippen LogP contribution is 2.32. The quantitative estimate of drug-likeness (QED) is 0.601. The second kappa shape index (κ2) is 3.35. The van der Waals surface area contributed by atoms with Gasteiger partial charge in [0.05, 0.1) is 20.9 Å². The lowest BCUT2D eigenvalue weighted by Gasteiger charge is -1.92. The largest absolute Gasteiger partial charge is 0.382 e. The molecule has 0 aliphatic rings. The number of aromatic amines is 1. The van der Waals surface area contributed by atoms with Crippen LogP contribution in [0, 0.1) is 17.0 Å². The molecule has 0 spiro atoms. The van der Waals surface area contributed by atoms with Crippen LogP contribution in [0.3, 0.4) is 0 Å². The Morgan fingerprint density at radius 3 is 2.87 bits per heavy atom. The van der Waals surface area contributed by atoms with Crippen molar-refractivity contribution >= 4 is 22.8 Å². The maximum Gasteiger partial charge on any atom is 0.280 e. The Labute approximate surface area is 88.9 Å². The first-order valence-corrected chi connectivity index (χ1v) is 5.01. The molecule has 0 unspecified atom stereocenters. The number of nitrogen functional groups attached to an aromatic ring is 1. The summed E-state index contributed by atoms with van der Waals surface area (Å²) < 4.78 is 0. The molecule has 0 aliphatic carbocycles. The Kier molecular flexibility index (Phi) is 2.16. The molecule has 2 aromatic heterocycles. The van der Waals surface area contributed by atoms with E-state index in [-0.39, 0.29) is 5.69 Å². The normalized spacial score (nSPS) is 10.5. The molecule has 6 nitrogen and oxygen atoms in total. The molecule has 0 saturated heterocycles. The van der Waals surface area contributed by atoms with Gasteiger partial charge in [-0.2, -0.15) is 5.10 Å². The summed E-state index contributed by atoms with van der Waals surface area (Å²) in [6.45, 7) is 1.82. The standard InChI is InChI=1S/C8H8N4O2S/c1-4-7(10-11-8(4)9)6-2-5(3-15-6)12(13)14/h2-3H,1H3,(H3,9,10,11). The number of anilines is 1. The number of rotatable bonds is 2. The molecule has 0 fully saturated rings. The number of nitro groups is 1. The van der Waals surface area contributed by atoms with Crippen molar-refractivity contribution in [3.8, 4) is 10.6 Å². The van der Waals surface area contributed by atoms with E-state index in [9.17, 15) is 10.1 Å². The zero-order chi connectivity index (χ0) is 11.0. The minimum Gasteiger partial charge on any atom is -0.382 e. The molecular formula is C8H8N4O2S. The molecule has 0 saturated carbocycles. The van der Waals surface area contributed by atoms with Crippen molar-refractivity contribution in [1.29, 1.82) is 0 Å². The molecule has 15 heavy (non-hydrogen) atoms. The van der Waals surface area contributed by atoms with Gasteiger partial charge in [-0.1, -0.05) is 0 Å². The van der Waals surface area contributed by atoms with Gasteiger partial charge in [-0.15, -0.1) is 11.3 Å². The number of nitrogens with one attached hydrogen (secondary N) is 1. The highest BCUT2D eigenvalue weighted by molar-refractivity contribution is 7.14. The molecule has 0 radical (unpaired) electrons. The second-order valence-corrected chi connectivity index (χ2v) is 3.95. The topological polar surface area (TPSA) is 97.8 Å². The van der Waals surface area contributed by atoms with Crippen molar-refractivity contribution in [3.05, 3.63) is 27.1 Å². The molecule has 3 N–H and O–H groups in total. The Hall–Kier alpha value is -1.89. The van der Waals surface area contributed by atoms with Crippen LogP contribution in [0.4, 0.5) is 11.5 Å². The highest BCUT2D eigenvalue weighted by Gasteiger charge is 2.14. The van der Waals surface area contributed by atoms with Crippen molar-refractivity contribution in [2.75, 3.05) is 5.73 Å². The molecule has 0 aliphatic heterocycles. The van der Waals surface area contributed by atoms with Gasteiger partial charge in [0.2, 0.25) is 0 Å². The maximum atomic E-state index is 10.5. The van der Waals surface area contributed by atoms with Crippen LogP contribution in [0.1, 0.15) is 5.56 Å². The van der Waals surface area contributed by atoms with Crippen molar-refractivity contribution in [1.82, 2.24) is 10.2 Å². The number of thiophene rings is 1. The van der Waals surface area contributed by atoms with Gasteiger partial charge in [-0.05, 0) is 6.92 Å². The van der Waals surface area contributed by atoms with E-state index in [4.69, 9.17) is 5.73 Å². The number of H-pyrrole nitrogens is 1. The van der Waals surface area contributed by atoms with Gasteiger partial charge >= 0.3 is 0 Å². The van der Waals surface area contributed by atoms with Crippen LogP contribution in [0.5, 0.6) is 0 Å². The molecule has 7 heteroatoms. The Morgan fingerprint density at radius 1 is 1.67 bits per heavy atom. The zero-order valence-electron chi connectivity index (χ0n) is 7.85. The summed E-state index contributed by atoms with van der Waals surface area (Å²) in [5, 5.41) is 18.6. The third-order valence-corrected chi connectivity index (χ3v) is 3.03. The predicted molar refractivity (Wildman–Crippen MR) is 57.7 cm³/mol. The molecule has 0 amide bonds. The first-order chi connectivity index (χ1) is 7.09. The van der Waals surface area contributed by atoms with Crippen LogP contribution in [0.2, 0.25) is 0 Å². The smallest absolute Gasteiger partial charge is 0.280 e. The first kappa shape index (κ1) is 9.66. The molecule has 2 rings (SSSR count). The summed E-state index contributed by atoms with van der Waals surface area (Å²) in [5.74, 6) is 0.418. The van der Waals surface area contributed by atoms with Crippen LogP contribution in [-0.4, -0.2) is 15.1 Å². The lowest BCUT2D eigenvalue weighted by Crippen LogP contribution is -1.86. The van der Waals surface area contributed by atoms with Gasteiger partial charge in [0.15, 0.2) is 0 Å². The van der Waals surface area contributed by atoms with Crippen LogP contribution >= 0.6 is 11.3 Å². The fourth-order valence-corrected chi connectivity index (χ4v) is 2.11. The molecule has 0 atom stereocenters. The Bertz CT molecular complexity index is 516. The minimum atomic E-state index is -0.422. The van der Waals surface area contributed by atoms with E-state index in [0.29, 0.717) is 5.82 Å². The molecule has 2 aromatic rings. The lowest BCUT2D eigenvalue weighted by molar-refractivity contribution is -0.384. The van der Waals surface area contributed by atoms with E-state index in [1.165, 1.54) is 22.8 Å². The van der Waals surface area contributed by atoms with Gasteiger partial charge < -0.3 is 5.73 Å². The molecule has 0 aromatic carbocycles. The van der Waals surface area contributed by atoms with Crippen molar-refractivity contribution in [2.45, 2.75) is 6.92 Å². The van der Waals surface area contributed by atoms with Crippen LogP contribution in [0.15, 0.2) is 11.4 Å². The number of nitrogens with zero attached hydrogens (tertiary/aromatic N) is 2. The van der Waals surface area contributed by atoms with Gasteiger partial charge in [-0.25, -0.2) is 0 Å². The lowest BCUT2D eigenvalue weighted by atomic mass is 10.2. The van der Waals surface area contributed by atoms with E-state index < -0.39 is 4.92 Å². The van der Waals surface area contributed by atoms with Gasteiger partial charge in [0.1, 0.15) is 5.82 Å². The van der Waals surface area contributed by atoms with E-state index in [1.54, 1.807) is 0 Å². The maximum absolute atomic E-state index is 10.5. The zero-order valence-corrected chi connectivity index (χ0v) is 8.67. The van der Waals surface area contributed by atoms with E-state index in [1.807, 2.05) is 6.92 Å². The number of hydrogen-bond donors (Lipinski definition) is 2. The summed E-state index contributed by atoms with van der Waals surface area (Å²) in [7, 11) is 0. The third-order valence-electron chi connectivity index (χ3n) is 2.09. The highest BCUT2D eigenvalue weighted by atomic mass is 32.1. The third kappa shape index (κ3) is 1.57. The van der Waals surface area contributed by atoms with Crippen molar-refractivity contribution in [2.24, 2.45) is 0 Å². The van der Waals surface area contributed by atoms with Crippen molar-refractivity contribution in [3.63, 3.8) is 0 Å². The number of nitrogens with two attached hydrogens (primary N) is 1. The fraction of sp³-hybridized carbons (Fsp3) is 0.125. The molecule has 2 heterocycles. The molecule has 0 bridgehead atoms. The van der Waals surface area contributed by atoms with Crippen LogP contribution < -0.4 is 5.73 Å². The summed E-state index contributed by atoms with van der Waals surface area (Å²) in [6, 6.07) is 1.50. The van der Waals surface area contributed by atoms with Crippen LogP contribution in [-0.2, 0) is 0 Å². The summed E-state index contributed by atoms with van der Waals surface area (Å²) in [5.41, 5.74) is 7.21. The monoisotopic (exact) mass is 224 g/mol. The second-order valence-electron chi connectivity index (χ2n) is 3.04. The Morgan fingerprint density at radius 2 is 2.40 bits per heavy atom. The first-order valence-electron chi connectivity index (χ1n) is 4.13. The SMILES string of the molecule is Cc1c(N)n[nH]c1-c1cc([N+](=O)[O-])cs1. The number of aromatic nitrogens is 2. The molecular weight excluding hydrogens is 216 g/mol. The van der Waals surface area contributed by atoms with Gasteiger partial charge in [0, 0.05) is 11.6 Å². The average Bonchev–Trinajstić information content (AvgIpc) is 2.76. The summed E-state index contributed by atoms with van der Waals surface area (Å²) in [4.78, 5) is 10.8. The van der Waals surface area contributed by atoms with E-state index in [0.717, 1.165) is 16.1 Å². The number of hydrogen-bond acceptors (Lipinski definition) is 5. The summed E-state index contributed by atoms with van der Waals surface area (Å²) in [6.07, 6.45) is 0. The van der Waals surface area contributed by atoms with E-state index in [2.05, 4.69) is 10.2 Å². The average molecular weight is 224 g/mol.